The summed E-state index contributed by atoms with van der Waals surface area (Å²) in [6, 6.07) is 9.26. The Labute approximate surface area is 140 Å². The lowest BCUT2D eigenvalue weighted by atomic mass is 10.1. The zero-order valence-electron chi connectivity index (χ0n) is 14.3. The van der Waals surface area contributed by atoms with Crippen LogP contribution in [0.1, 0.15) is 33.3 Å². The largest absolute Gasteiger partial charge is 0.463 e. The molecule has 0 aromatic heterocycles. The SMILES string of the molecule is CC(=O)N(CCc1ccccc1)C(=O)C(=[N+]=[N-])C(=O)OC(C)(C)C. The van der Waals surface area contributed by atoms with E-state index in [0.29, 0.717) is 6.42 Å². The zero-order chi connectivity index (χ0) is 18.3. The monoisotopic (exact) mass is 331 g/mol. The predicted octanol–water partition coefficient (Wildman–Crippen LogP) is 1.62. The number of ether oxygens (including phenoxy) is 1. The van der Waals surface area contributed by atoms with Crippen LogP contribution in [0.5, 0.6) is 0 Å². The summed E-state index contributed by atoms with van der Waals surface area (Å²) in [6.45, 7) is 6.10. The van der Waals surface area contributed by atoms with Crippen LogP contribution in [0.25, 0.3) is 5.53 Å². The van der Waals surface area contributed by atoms with Gasteiger partial charge in [0.2, 0.25) is 5.91 Å². The van der Waals surface area contributed by atoms with Gasteiger partial charge in [0.05, 0.1) is 0 Å². The third-order valence-electron chi connectivity index (χ3n) is 2.99. The first-order valence-corrected chi connectivity index (χ1v) is 7.47. The van der Waals surface area contributed by atoms with Crippen LogP contribution in [0, 0.1) is 0 Å². The van der Waals surface area contributed by atoms with E-state index in [1.807, 2.05) is 30.3 Å². The summed E-state index contributed by atoms with van der Waals surface area (Å²) in [5.41, 5.74) is 8.25. The summed E-state index contributed by atoms with van der Waals surface area (Å²) in [6.07, 6.45) is 0.416. The van der Waals surface area contributed by atoms with Gasteiger partial charge in [-0.15, -0.1) is 0 Å². The van der Waals surface area contributed by atoms with Gasteiger partial charge in [-0.25, -0.2) is 4.79 Å². The number of carbonyl (C=O) groups excluding carboxylic acids is 3. The molecule has 1 rings (SSSR count). The third-order valence-corrected chi connectivity index (χ3v) is 2.99. The maximum Gasteiger partial charge on any atom is 0.463 e. The number of nitrogens with zero attached hydrogens (tertiary/aromatic N) is 3. The summed E-state index contributed by atoms with van der Waals surface area (Å²) in [7, 11) is 0. The first-order valence-electron chi connectivity index (χ1n) is 7.47. The van der Waals surface area contributed by atoms with Crippen LogP contribution in [-0.2, 0) is 25.5 Å². The molecule has 0 bridgehead atoms. The van der Waals surface area contributed by atoms with Crippen molar-refractivity contribution in [3.8, 4) is 0 Å². The lowest BCUT2D eigenvalue weighted by Gasteiger charge is -2.19. The molecular weight excluding hydrogens is 310 g/mol. The fraction of sp³-hybridized carbons (Fsp3) is 0.412. The van der Waals surface area contributed by atoms with Crippen molar-refractivity contribution in [2.24, 2.45) is 0 Å². The first-order chi connectivity index (χ1) is 11.2. The molecule has 128 valence electrons. The molecule has 0 saturated heterocycles. The molecule has 0 fully saturated rings. The van der Waals surface area contributed by atoms with E-state index in [0.717, 1.165) is 10.5 Å². The van der Waals surface area contributed by atoms with E-state index in [9.17, 15) is 14.4 Å². The number of esters is 1. The summed E-state index contributed by atoms with van der Waals surface area (Å²) in [5, 5.41) is 0. The van der Waals surface area contributed by atoms with E-state index in [-0.39, 0.29) is 6.54 Å². The first kappa shape index (κ1) is 19.3. The second kappa shape index (κ2) is 8.17. The average molecular weight is 331 g/mol. The van der Waals surface area contributed by atoms with Crippen molar-refractivity contribution >= 4 is 23.5 Å². The number of rotatable bonds is 5. The second-order valence-corrected chi connectivity index (χ2v) is 6.16. The predicted molar refractivity (Wildman–Crippen MR) is 87.0 cm³/mol. The lowest BCUT2D eigenvalue weighted by molar-refractivity contribution is -0.154. The molecule has 24 heavy (non-hydrogen) atoms. The maximum absolute atomic E-state index is 12.4. The Morgan fingerprint density at radius 1 is 1.17 bits per heavy atom. The van der Waals surface area contributed by atoms with Crippen molar-refractivity contribution in [2.75, 3.05) is 6.54 Å². The van der Waals surface area contributed by atoms with Gasteiger partial charge in [-0.05, 0) is 32.8 Å². The molecule has 0 unspecified atom stereocenters. The van der Waals surface area contributed by atoms with Gasteiger partial charge in [-0.1, -0.05) is 30.3 Å². The molecule has 1 aromatic rings. The summed E-state index contributed by atoms with van der Waals surface area (Å²) < 4.78 is 5.02. The Balaban J connectivity index is 2.90. The van der Waals surface area contributed by atoms with E-state index in [4.69, 9.17) is 10.3 Å². The van der Waals surface area contributed by atoms with Crippen molar-refractivity contribution in [3.05, 3.63) is 41.4 Å². The van der Waals surface area contributed by atoms with E-state index in [2.05, 4.69) is 4.79 Å². The maximum atomic E-state index is 12.4. The smallest absolute Gasteiger partial charge is 0.451 e. The summed E-state index contributed by atoms with van der Waals surface area (Å²) in [5.74, 6) is -2.63. The Morgan fingerprint density at radius 2 is 1.75 bits per heavy atom. The molecule has 0 aliphatic heterocycles. The minimum absolute atomic E-state index is 0.0556. The van der Waals surface area contributed by atoms with Crippen molar-refractivity contribution in [1.29, 1.82) is 0 Å². The van der Waals surface area contributed by atoms with Crippen molar-refractivity contribution in [1.82, 2.24) is 4.90 Å². The molecule has 2 amide bonds. The van der Waals surface area contributed by atoms with Crippen LogP contribution in [0.2, 0.25) is 0 Å². The Morgan fingerprint density at radius 3 is 2.21 bits per heavy atom. The van der Waals surface area contributed by atoms with Crippen molar-refractivity contribution in [3.63, 3.8) is 0 Å². The van der Waals surface area contributed by atoms with Gasteiger partial charge in [-0.3, -0.25) is 14.5 Å². The molecule has 0 saturated carbocycles. The van der Waals surface area contributed by atoms with Crippen LogP contribution in [-0.4, -0.2) is 45.3 Å². The van der Waals surface area contributed by atoms with Gasteiger partial charge >= 0.3 is 17.6 Å². The molecule has 7 heteroatoms. The zero-order valence-corrected chi connectivity index (χ0v) is 14.3. The summed E-state index contributed by atoms with van der Waals surface area (Å²) in [4.78, 5) is 39.7. The summed E-state index contributed by atoms with van der Waals surface area (Å²) >= 11 is 0. The molecule has 0 atom stereocenters. The minimum Gasteiger partial charge on any atom is -0.451 e. The molecule has 7 nitrogen and oxygen atoms in total. The Hall–Kier alpha value is -2.79. The van der Waals surface area contributed by atoms with Crippen LogP contribution < -0.4 is 0 Å². The van der Waals surface area contributed by atoms with Gasteiger partial charge in [0.15, 0.2) is 0 Å². The molecule has 0 aliphatic rings. The van der Waals surface area contributed by atoms with Gasteiger partial charge in [0, 0.05) is 13.5 Å². The molecule has 1 aromatic carbocycles. The van der Waals surface area contributed by atoms with Crippen LogP contribution in [0.15, 0.2) is 30.3 Å². The van der Waals surface area contributed by atoms with E-state index in [1.54, 1.807) is 20.8 Å². The standard InChI is InChI=1S/C17H21N3O4/c1-12(21)20(11-10-13-8-6-5-7-9-13)15(22)14(19-18)16(23)24-17(2,3)4/h5-9H,10-11H2,1-4H3. The Bertz CT molecular complexity index is 671. The molecule has 0 N–H and O–H groups in total. The highest BCUT2D eigenvalue weighted by Crippen LogP contribution is 2.09. The highest BCUT2D eigenvalue weighted by molar-refractivity contribution is 6.62. The van der Waals surface area contributed by atoms with Gasteiger partial charge in [0.1, 0.15) is 5.60 Å². The van der Waals surface area contributed by atoms with Crippen LogP contribution >= 0.6 is 0 Å². The third kappa shape index (κ3) is 5.78. The molecule has 0 spiro atoms. The van der Waals surface area contributed by atoms with Gasteiger partial charge < -0.3 is 10.3 Å². The van der Waals surface area contributed by atoms with E-state index in [1.165, 1.54) is 6.92 Å². The van der Waals surface area contributed by atoms with Gasteiger partial charge in [-0.2, -0.15) is 4.79 Å². The Kier molecular flexibility index (Phi) is 6.56. The number of amides is 2. The number of hydrogen-bond acceptors (Lipinski definition) is 4. The fourth-order valence-electron chi connectivity index (χ4n) is 1.91. The number of hydrogen-bond donors (Lipinski definition) is 0. The van der Waals surface area contributed by atoms with Crippen molar-refractivity contribution < 1.29 is 23.9 Å². The lowest BCUT2D eigenvalue weighted by Crippen LogP contribution is -2.45. The highest BCUT2D eigenvalue weighted by atomic mass is 16.6. The number of carbonyl (C=O) groups is 3. The van der Waals surface area contributed by atoms with Crippen LogP contribution in [0.4, 0.5) is 0 Å². The average Bonchev–Trinajstić information content (AvgIpc) is 2.47. The van der Waals surface area contributed by atoms with Crippen LogP contribution in [0.3, 0.4) is 0 Å². The fourth-order valence-corrected chi connectivity index (χ4v) is 1.91. The minimum atomic E-state index is -1.08. The molecule has 0 aliphatic carbocycles. The molecular formula is C17H21N3O4. The molecule has 0 heterocycles. The quantitative estimate of drug-likeness (QED) is 0.269. The van der Waals surface area contributed by atoms with Gasteiger partial charge in [0.25, 0.3) is 0 Å². The number of benzene rings is 1. The molecule has 0 radical (unpaired) electrons. The second-order valence-electron chi connectivity index (χ2n) is 6.16. The van der Waals surface area contributed by atoms with E-state index >= 15 is 0 Å². The van der Waals surface area contributed by atoms with E-state index < -0.39 is 29.1 Å². The topological polar surface area (TPSA) is 100 Å². The highest BCUT2D eigenvalue weighted by Gasteiger charge is 2.39. The van der Waals surface area contributed by atoms with Crippen molar-refractivity contribution in [2.45, 2.75) is 39.7 Å². The number of imide groups is 1. The normalized spacial score (nSPS) is 10.5.